The summed E-state index contributed by atoms with van der Waals surface area (Å²) in [6.07, 6.45) is 0.689. The number of anilines is 1. The van der Waals surface area contributed by atoms with E-state index in [0.717, 1.165) is 5.69 Å². The van der Waals surface area contributed by atoms with Gasteiger partial charge in [-0.1, -0.05) is 0 Å². The largest absolute Gasteiger partial charge is 0.386 e. The second kappa shape index (κ2) is 3.32. The summed E-state index contributed by atoms with van der Waals surface area (Å²) in [5.41, 5.74) is 0.741. The summed E-state index contributed by atoms with van der Waals surface area (Å²) in [6, 6.07) is 0. The molecule has 1 aromatic rings. The molecular weight excluding hydrogens is 152 g/mol. The van der Waals surface area contributed by atoms with Crippen LogP contribution in [0.15, 0.2) is 12.4 Å². The molecular formula is C6H9F2N3. The van der Waals surface area contributed by atoms with Crippen LogP contribution >= 0.6 is 0 Å². The number of hydrogen-bond acceptors (Lipinski definition) is 2. The van der Waals surface area contributed by atoms with Crippen LogP contribution in [-0.2, 0) is 6.54 Å². The zero-order valence-electron chi connectivity index (χ0n) is 6.09. The molecule has 1 aromatic heterocycles. The molecule has 1 heterocycles. The predicted molar refractivity (Wildman–Crippen MR) is 37.8 cm³/mol. The molecule has 1 rings (SSSR count). The van der Waals surface area contributed by atoms with Gasteiger partial charge in [-0.05, 0) is 0 Å². The van der Waals surface area contributed by atoms with Crippen molar-refractivity contribution < 1.29 is 8.78 Å². The fourth-order valence-electron chi connectivity index (χ4n) is 0.734. The summed E-state index contributed by atoms with van der Waals surface area (Å²) >= 11 is 0. The van der Waals surface area contributed by atoms with Crippen molar-refractivity contribution in [1.82, 2.24) is 9.78 Å². The van der Waals surface area contributed by atoms with Crippen LogP contribution in [0.3, 0.4) is 0 Å². The maximum atomic E-state index is 11.8. The van der Waals surface area contributed by atoms with E-state index >= 15 is 0 Å². The van der Waals surface area contributed by atoms with Crippen molar-refractivity contribution in [3.8, 4) is 0 Å². The minimum Gasteiger partial charge on any atom is -0.386 e. The van der Waals surface area contributed by atoms with Gasteiger partial charge in [0.25, 0.3) is 6.43 Å². The van der Waals surface area contributed by atoms with E-state index in [4.69, 9.17) is 0 Å². The summed E-state index contributed by atoms with van der Waals surface area (Å²) in [6.45, 7) is -0.346. The van der Waals surface area contributed by atoms with Gasteiger partial charge >= 0.3 is 0 Å². The average Bonchev–Trinajstić information content (AvgIpc) is 2.34. The number of alkyl halides is 2. The Kier molecular flexibility index (Phi) is 2.40. The molecule has 0 amide bonds. The van der Waals surface area contributed by atoms with Gasteiger partial charge in [0, 0.05) is 13.2 Å². The first-order valence-corrected chi connectivity index (χ1v) is 3.20. The van der Waals surface area contributed by atoms with Gasteiger partial charge in [0.05, 0.1) is 11.9 Å². The van der Waals surface area contributed by atoms with Crippen LogP contribution in [0.4, 0.5) is 14.5 Å². The standard InChI is InChI=1S/C6H9F2N3/c1-9-5-2-10-11(3-5)4-6(7)8/h2-3,6,9H,4H2,1H3. The van der Waals surface area contributed by atoms with Crippen molar-refractivity contribution in [2.75, 3.05) is 12.4 Å². The molecule has 3 nitrogen and oxygen atoms in total. The molecule has 5 heteroatoms. The lowest BCUT2D eigenvalue weighted by atomic mass is 10.6. The molecule has 62 valence electrons. The van der Waals surface area contributed by atoms with Crippen LogP contribution in [0, 0.1) is 0 Å². The Morgan fingerprint density at radius 1 is 1.73 bits per heavy atom. The third-order valence-electron chi connectivity index (χ3n) is 1.25. The zero-order chi connectivity index (χ0) is 8.27. The normalized spacial score (nSPS) is 10.5. The molecule has 0 unspecified atom stereocenters. The van der Waals surface area contributed by atoms with Gasteiger partial charge in [-0.15, -0.1) is 0 Å². The van der Waals surface area contributed by atoms with Crippen LogP contribution in [0.5, 0.6) is 0 Å². The molecule has 0 aliphatic carbocycles. The van der Waals surface area contributed by atoms with Gasteiger partial charge in [0.2, 0.25) is 0 Å². The van der Waals surface area contributed by atoms with Gasteiger partial charge in [-0.3, -0.25) is 4.68 Å². The topological polar surface area (TPSA) is 29.9 Å². The lowest BCUT2D eigenvalue weighted by molar-refractivity contribution is 0.122. The minimum absolute atomic E-state index is 0.346. The van der Waals surface area contributed by atoms with E-state index in [1.807, 2.05) is 0 Å². The summed E-state index contributed by atoms with van der Waals surface area (Å²) in [5, 5.41) is 6.49. The van der Waals surface area contributed by atoms with Crippen LogP contribution in [0.25, 0.3) is 0 Å². The predicted octanol–water partition coefficient (Wildman–Crippen LogP) is 1.19. The molecule has 0 saturated heterocycles. The maximum Gasteiger partial charge on any atom is 0.257 e. The van der Waals surface area contributed by atoms with Crippen LogP contribution in [0.1, 0.15) is 0 Å². The highest BCUT2D eigenvalue weighted by molar-refractivity contribution is 5.36. The van der Waals surface area contributed by atoms with Gasteiger partial charge < -0.3 is 5.32 Å². The zero-order valence-corrected chi connectivity index (χ0v) is 6.09. The Balaban J connectivity index is 2.58. The highest BCUT2D eigenvalue weighted by atomic mass is 19.3. The SMILES string of the molecule is CNc1cnn(CC(F)F)c1. The molecule has 0 spiro atoms. The molecule has 0 aliphatic heterocycles. The number of halogens is 2. The van der Waals surface area contributed by atoms with E-state index in [2.05, 4.69) is 10.4 Å². The van der Waals surface area contributed by atoms with Gasteiger partial charge in [0.1, 0.15) is 6.54 Å². The first-order chi connectivity index (χ1) is 5.22. The Bertz CT molecular complexity index is 221. The van der Waals surface area contributed by atoms with Gasteiger partial charge in [-0.25, -0.2) is 8.78 Å². The van der Waals surface area contributed by atoms with Crippen LogP contribution < -0.4 is 5.32 Å². The molecule has 0 saturated carbocycles. The average molecular weight is 161 g/mol. The van der Waals surface area contributed by atoms with Crippen molar-refractivity contribution in [3.05, 3.63) is 12.4 Å². The third kappa shape index (κ3) is 2.18. The van der Waals surface area contributed by atoms with Crippen molar-refractivity contribution in [2.24, 2.45) is 0 Å². The Morgan fingerprint density at radius 2 is 2.45 bits per heavy atom. The van der Waals surface area contributed by atoms with Crippen molar-refractivity contribution >= 4 is 5.69 Å². The number of nitrogens with one attached hydrogen (secondary N) is 1. The number of hydrogen-bond donors (Lipinski definition) is 1. The van der Waals surface area contributed by atoms with E-state index < -0.39 is 6.43 Å². The molecule has 0 aromatic carbocycles. The van der Waals surface area contributed by atoms with Gasteiger partial charge in [0.15, 0.2) is 0 Å². The Hall–Kier alpha value is -1.13. The highest BCUT2D eigenvalue weighted by Crippen LogP contribution is 2.04. The molecule has 0 bridgehead atoms. The van der Waals surface area contributed by atoms with E-state index in [1.165, 1.54) is 17.1 Å². The highest BCUT2D eigenvalue weighted by Gasteiger charge is 2.04. The molecule has 1 N–H and O–H groups in total. The number of aromatic nitrogens is 2. The van der Waals surface area contributed by atoms with E-state index in [-0.39, 0.29) is 6.54 Å². The maximum absolute atomic E-state index is 11.8. The molecule has 11 heavy (non-hydrogen) atoms. The Labute approximate surface area is 63.0 Å². The summed E-state index contributed by atoms with van der Waals surface area (Å²) < 4.78 is 24.7. The van der Waals surface area contributed by atoms with E-state index in [0.29, 0.717) is 0 Å². The third-order valence-corrected chi connectivity index (χ3v) is 1.25. The summed E-state index contributed by atoms with van der Waals surface area (Å²) in [7, 11) is 1.71. The molecule has 0 fully saturated rings. The second-order valence-electron chi connectivity index (χ2n) is 2.09. The quantitative estimate of drug-likeness (QED) is 0.721. The van der Waals surface area contributed by atoms with E-state index in [1.54, 1.807) is 7.05 Å². The lowest BCUT2D eigenvalue weighted by Crippen LogP contribution is -2.06. The Morgan fingerprint density at radius 3 is 2.91 bits per heavy atom. The van der Waals surface area contributed by atoms with Crippen molar-refractivity contribution in [1.29, 1.82) is 0 Å². The first-order valence-electron chi connectivity index (χ1n) is 3.20. The fourth-order valence-corrected chi connectivity index (χ4v) is 0.734. The lowest BCUT2D eigenvalue weighted by Gasteiger charge is -1.97. The van der Waals surface area contributed by atoms with Gasteiger partial charge in [-0.2, -0.15) is 5.10 Å². The molecule has 0 aliphatic rings. The van der Waals surface area contributed by atoms with Crippen LogP contribution in [0.2, 0.25) is 0 Å². The summed E-state index contributed by atoms with van der Waals surface area (Å²) in [4.78, 5) is 0. The number of nitrogens with zero attached hydrogens (tertiary/aromatic N) is 2. The van der Waals surface area contributed by atoms with E-state index in [9.17, 15) is 8.78 Å². The number of rotatable bonds is 3. The van der Waals surface area contributed by atoms with Crippen molar-refractivity contribution in [3.63, 3.8) is 0 Å². The monoisotopic (exact) mass is 161 g/mol. The summed E-state index contributed by atoms with van der Waals surface area (Å²) in [5.74, 6) is 0. The van der Waals surface area contributed by atoms with Crippen molar-refractivity contribution in [2.45, 2.75) is 13.0 Å². The second-order valence-corrected chi connectivity index (χ2v) is 2.09. The smallest absolute Gasteiger partial charge is 0.257 e. The fraction of sp³-hybridized carbons (Fsp3) is 0.500. The minimum atomic E-state index is -2.35. The van der Waals surface area contributed by atoms with Crippen LogP contribution in [-0.4, -0.2) is 23.3 Å². The first kappa shape index (κ1) is 7.97. The molecule has 0 radical (unpaired) electrons. The molecule has 0 atom stereocenters.